The lowest BCUT2D eigenvalue weighted by molar-refractivity contribution is -0.144. The van der Waals surface area contributed by atoms with E-state index in [0.717, 1.165) is 18.4 Å². The van der Waals surface area contributed by atoms with Crippen molar-refractivity contribution in [2.75, 3.05) is 13.6 Å². The van der Waals surface area contributed by atoms with Crippen LogP contribution in [0.15, 0.2) is 18.2 Å². The van der Waals surface area contributed by atoms with Crippen molar-refractivity contribution >= 4 is 11.8 Å². The molecule has 0 radical (unpaired) electrons. The molecule has 1 aliphatic heterocycles. The van der Waals surface area contributed by atoms with E-state index in [0.29, 0.717) is 19.4 Å². The number of rotatable bonds is 4. The molecule has 21 heavy (non-hydrogen) atoms. The van der Waals surface area contributed by atoms with E-state index in [4.69, 9.17) is 0 Å². The molecule has 1 saturated heterocycles. The van der Waals surface area contributed by atoms with E-state index < -0.39 is 0 Å². The number of likely N-dealkylation sites (tertiary alicyclic amines) is 1. The molecule has 1 aromatic carbocycles. The summed E-state index contributed by atoms with van der Waals surface area (Å²) in [4.78, 5) is 25.6. The number of likely N-dealkylation sites (N-methyl/N-ethyl adjacent to an activating group) is 1. The molecule has 1 aliphatic rings. The van der Waals surface area contributed by atoms with Crippen LogP contribution in [0.4, 0.5) is 0 Å². The summed E-state index contributed by atoms with van der Waals surface area (Å²) in [7, 11) is 1.87. The molecular weight excluding hydrogens is 264 g/mol. The van der Waals surface area contributed by atoms with Crippen LogP contribution in [-0.2, 0) is 9.59 Å². The Bertz CT molecular complexity index is 522. The molecule has 1 atom stereocenters. The maximum atomic E-state index is 12.1. The molecule has 0 aliphatic carbocycles. The van der Waals surface area contributed by atoms with E-state index in [1.807, 2.05) is 7.05 Å². The zero-order valence-electron chi connectivity index (χ0n) is 13.1. The molecule has 1 N–H and O–H groups in total. The van der Waals surface area contributed by atoms with Crippen molar-refractivity contribution in [1.29, 1.82) is 0 Å². The fourth-order valence-electron chi connectivity index (χ4n) is 2.69. The van der Waals surface area contributed by atoms with Crippen LogP contribution < -0.4 is 5.32 Å². The van der Waals surface area contributed by atoms with Gasteiger partial charge in [-0.05, 0) is 50.4 Å². The van der Waals surface area contributed by atoms with Gasteiger partial charge < -0.3 is 5.32 Å². The normalized spacial score (nSPS) is 17.8. The Hall–Kier alpha value is -1.68. The second-order valence-electron chi connectivity index (χ2n) is 5.79. The number of nitrogens with one attached hydrogen (secondary N) is 1. The lowest BCUT2D eigenvalue weighted by Gasteiger charge is -2.25. The molecular formula is C17H24N2O2. The summed E-state index contributed by atoms with van der Waals surface area (Å²) < 4.78 is 0. The predicted molar refractivity (Wildman–Crippen MR) is 82.9 cm³/mol. The van der Waals surface area contributed by atoms with Gasteiger partial charge in [0.25, 0.3) is 0 Å². The van der Waals surface area contributed by atoms with E-state index >= 15 is 0 Å². The first-order valence-corrected chi connectivity index (χ1v) is 7.60. The van der Waals surface area contributed by atoms with Crippen molar-refractivity contribution < 1.29 is 9.59 Å². The van der Waals surface area contributed by atoms with E-state index in [9.17, 15) is 9.59 Å². The van der Waals surface area contributed by atoms with Crippen molar-refractivity contribution in [2.45, 2.75) is 45.6 Å². The third kappa shape index (κ3) is 3.70. The fourth-order valence-corrected chi connectivity index (χ4v) is 2.69. The number of amides is 2. The van der Waals surface area contributed by atoms with Crippen LogP contribution in [-0.4, -0.2) is 30.3 Å². The molecule has 2 rings (SSSR count). The van der Waals surface area contributed by atoms with E-state index in [1.54, 1.807) is 0 Å². The minimum absolute atomic E-state index is 0.0182. The van der Waals surface area contributed by atoms with Crippen LogP contribution in [0.25, 0.3) is 0 Å². The molecule has 0 bridgehead atoms. The van der Waals surface area contributed by atoms with Gasteiger partial charge in [0.1, 0.15) is 0 Å². The van der Waals surface area contributed by atoms with Gasteiger partial charge in [-0.25, -0.2) is 0 Å². The molecule has 1 aromatic rings. The van der Waals surface area contributed by atoms with Crippen LogP contribution in [0.1, 0.15) is 48.4 Å². The summed E-state index contributed by atoms with van der Waals surface area (Å²) in [5, 5.41) is 3.23. The molecule has 1 heterocycles. The summed E-state index contributed by atoms with van der Waals surface area (Å²) in [6, 6.07) is 6.26. The number of hydrogen-bond donors (Lipinski definition) is 1. The van der Waals surface area contributed by atoms with E-state index in [1.165, 1.54) is 16.0 Å². The van der Waals surface area contributed by atoms with Crippen LogP contribution in [0.3, 0.4) is 0 Å². The Balaban J connectivity index is 2.18. The fraction of sp³-hybridized carbons (Fsp3) is 0.529. The zero-order chi connectivity index (χ0) is 15.4. The predicted octanol–water partition coefficient (Wildman–Crippen LogP) is 2.49. The first-order chi connectivity index (χ1) is 10.0. The summed E-state index contributed by atoms with van der Waals surface area (Å²) in [6.07, 6.45) is 2.59. The lowest BCUT2D eigenvalue weighted by atomic mass is 10.0. The van der Waals surface area contributed by atoms with Gasteiger partial charge in [-0.15, -0.1) is 0 Å². The van der Waals surface area contributed by atoms with E-state index in [2.05, 4.69) is 37.4 Å². The summed E-state index contributed by atoms with van der Waals surface area (Å²) in [6.45, 7) is 4.57. The van der Waals surface area contributed by atoms with Crippen LogP contribution >= 0.6 is 0 Å². The quantitative estimate of drug-likeness (QED) is 0.866. The van der Waals surface area contributed by atoms with Gasteiger partial charge in [-0.3, -0.25) is 14.5 Å². The van der Waals surface area contributed by atoms with Crippen molar-refractivity contribution in [3.8, 4) is 0 Å². The number of benzene rings is 1. The van der Waals surface area contributed by atoms with Gasteiger partial charge in [0.15, 0.2) is 0 Å². The first kappa shape index (κ1) is 15.7. The molecule has 114 valence electrons. The summed E-state index contributed by atoms with van der Waals surface area (Å²) in [5.41, 5.74) is 3.59. The topological polar surface area (TPSA) is 49.4 Å². The van der Waals surface area contributed by atoms with Crippen LogP contribution in [0.2, 0.25) is 0 Å². The van der Waals surface area contributed by atoms with Gasteiger partial charge in [0, 0.05) is 19.4 Å². The second kappa shape index (κ2) is 6.85. The average molecular weight is 288 g/mol. The summed E-state index contributed by atoms with van der Waals surface area (Å²) >= 11 is 0. The van der Waals surface area contributed by atoms with Gasteiger partial charge in [0.05, 0.1) is 6.04 Å². The molecule has 1 fully saturated rings. The standard InChI is InChI=1S/C17H24N2O2/c1-12-8-9-14(10-13(12)2)15(18-3)11-19-16(20)6-4-5-7-17(19)21/h8-10,15,18H,4-7,11H2,1-3H3. The highest BCUT2D eigenvalue weighted by Gasteiger charge is 2.26. The molecule has 4 heteroatoms. The Kier molecular flexibility index (Phi) is 5.12. The number of imide groups is 1. The smallest absolute Gasteiger partial charge is 0.229 e. The first-order valence-electron chi connectivity index (χ1n) is 7.60. The van der Waals surface area contributed by atoms with Crippen LogP contribution in [0, 0.1) is 13.8 Å². The van der Waals surface area contributed by atoms with Gasteiger partial charge in [-0.1, -0.05) is 18.2 Å². The highest BCUT2D eigenvalue weighted by molar-refractivity contribution is 5.96. The molecule has 0 spiro atoms. The maximum absolute atomic E-state index is 12.1. The molecule has 2 amide bonds. The third-order valence-electron chi connectivity index (χ3n) is 4.28. The average Bonchev–Trinajstić information content (AvgIpc) is 2.62. The number of aryl methyl sites for hydroxylation is 2. The van der Waals surface area contributed by atoms with Crippen molar-refractivity contribution in [2.24, 2.45) is 0 Å². The Labute approximate surface area is 126 Å². The molecule has 4 nitrogen and oxygen atoms in total. The van der Waals surface area contributed by atoms with Crippen molar-refractivity contribution in [3.63, 3.8) is 0 Å². The number of nitrogens with zero attached hydrogens (tertiary/aromatic N) is 1. The molecule has 0 aromatic heterocycles. The van der Waals surface area contributed by atoms with Crippen LogP contribution in [0.5, 0.6) is 0 Å². The number of hydrogen-bond acceptors (Lipinski definition) is 3. The molecule has 1 unspecified atom stereocenters. The number of carbonyl (C=O) groups excluding carboxylic acids is 2. The van der Waals surface area contributed by atoms with Crippen molar-refractivity contribution in [3.05, 3.63) is 34.9 Å². The highest BCUT2D eigenvalue weighted by Crippen LogP contribution is 2.21. The van der Waals surface area contributed by atoms with Gasteiger partial charge in [0.2, 0.25) is 11.8 Å². The summed E-state index contributed by atoms with van der Waals surface area (Å²) in [5.74, 6) is -0.0804. The monoisotopic (exact) mass is 288 g/mol. The minimum Gasteiger partial charge on any atom is -0.312 e. The molecule has 0 saturated carbocycles. The second-order valence-corrected chi connectivity index (χ2v) is 5.79. The largest absolute Gasteiger partial charge is 0.312 e. The Morgan fingerprint density at radius 3 is 2.24 bits per heavy atom. The number of carbonyl (C=O) groups is 2. The van der Waals surface area contributed by atoms with Crippen molar-refractivity contribution in [1.82, 2.24) is 10.2 Å². The third-order valence-corrected chi connectivity index (χ3v) is 4.28. The van der Waals surface area contributed by atoms with Gasteiger partial charge in [-0.2, -0.15) is 0 Å². The van der Waals surface area contributed by atoms with E-state index in [-0.39, 0.29) is 17.9 Å². The highest BCUT2D eigenvalue weighted by atomic mass is 16.2. The maximum Gasteiger partial charge on any atom is 0.229 e. The Morgan fingerprint density at radius 2 is 1.71 bits per heavy atom. The minimum atomic E-state index is -0.0402. The Morgan fingerprint density at radius 1 is 1.10 bits per heavy atom. The SMILES string of the molecule is CNC(CN1C(=O)CCCCC1=O)c1ccc(C)c(C)c1. The van der Waals surface area contributed by atoms with Gasteiger partial charge >= 0.3 is 0 Å². The zero-order valence-corrected chi connectivity index (χ0v) is 13.1. The lowest BCUT2D eigenvalue weighted by Crippen LogP contribution is -2.41.